The molecule has 0 unspecified atom stereocenters. The number of rotatable bonds is 8. The van der Waals surface area contributed by atoms with Gasteiger partial charge >= 0.3 is 0 Å². The third kappa shape index (κ3) is 6.42. The van der Waals surface area contributed by atoms with Crippen LogP contribution in [-0.4, -0.2) is 22.5 Å². The monoisotopic (exact) mass is 350 g/mol. The van der Waals surface area contributed by atoms with E-state index in [4.69, 9.17) is 11.6 Å². The highest BCUT2D eigenvalue weighted by Gasteiger charge is 2.04. The number of halogens is 1. The van der Waals surface area contributed by atoms with Crippen molar-refractivity contribution in [1.29, 1.82) is 0 Å². The van der Waals surface area contributed by atoms with Gasteiger partial charge in [-0.3, -0.25) is 15.6 Å². The summed E-state index contributed by atoms with van der Waals surface area (Å²) in [6.45, 7) is 0. The number of nitrogens with one attached hydrogen (secondary N) is 2. The van der Waals surface area contributed by atoms with E-state index < -0.39 is 0 Å². The summed E-state index contributed by atoms with van der Waals surface area (Å²) in [5, 5.41) is 10.3. The van der Waals surface area contributed by atoms with Crippen molar-refractivity contribution in [3.8, 4) is 5.75 Å². The maximum absolute atomic E-state index is 11.7. The molecule has 0 saturated heterocycles. The summed E-state index contributed by atoms with van der Waals surface area (Å²) in [7, 11) is 0. The fourth-order valence-corrected chi connectivity index (χ4v) is 2.89. The molecule has 0 aliphatic heterocycles. The zero-order chi connectivity index (χ0) is 16.5. The van der Waals surface area contributed by atoms with E-state index in [1.54, 1.807) is 23.9 Å². The van der Waals surface area contributed by atoms with Gasteiger partial charge in [-0.25, -0.2) is 0 Å². The quantitative estimate of drug-likeness (QED) is 0.500. The lowest BCUT2D eigenvalue weighted by Crippen LogP contribution is -2.30. The smallest absolute Gasteiger partial charge is 0.248 e. The highest BCUT2D eigenvalue weighted by molar-refractivity contribution is 7.99. The van der Waals surface area contributed by atoms with Crippen LogP contribution in [0.15, 0.2) is 48.5 Å². The van der Waals surface area contributed by atoms with Gasteiger partial charge < -0.3 is 5.11 Å². The lowest BCUT2D eigenvalue weighted by Gasteiger charge is -2.08. The van der Waals surface area contributed by atoms with Crippen molar-refractivity contribution >= 4 is 35.0 Å². The van der Waals surface area contributed by atoms with Crippen LogP contribution >= 0.6 is 23.4 Å². The Morgan fingerprint density at radius 2 is 1.96 bits per heavy atom. The van der Waals surface area contributed by atoms with Gasteiger partial charge in [0.1, 0.15) is 5.75 Å². The van der Waals surface area contributed by atoms with Crippen molar-refractivity contribution in [1.82, 2.24) is 5.43 Å². The Morgan fingerprint density at radius 1 is 1.17 bits per heavy atom. The van der Waals surface area contributed by atoms with E-state index in [0.29, 0.717) is 10.8 Å². The summed E-state index contributed by atoms with van der Waals surface area (Å²) in [5.74, 6) is 1.41. The minimum atomic E-state index is -0.0619. The highest BCUT2D eigenvalue weighted by Crippen LogP contribution is 2.23. The Balaban J connectivity index is 1.59. The number of hydrazine groups is 1. The second-order valence-electron chi connectivity index (χ2n) is 4.97. The average molecular weight is 351 g/mol. The van der Waals surface area contributed by atoms with Crippen LogP contribution in [0, 0.1) is 0 Å². The molecule has 0 aliphatic carbocycles. The number of hydrogen-bond acceptors (Lipinski definition) is 4. The molecular weight excluding hydrogens is 332 g/mol. The minimum Gasteiger partial charge on any atom is -0.508 e. The van der Waals surface area contributed by atoms with E-state index in [1.807, 2.05) is 36.4 Å². The third-order valence-electron chi connectivity index (χ3n) is 3.14. The Hall–Kier alpha value is -1.85. The van der Waals surface area contributed by atoms with Crippen molar-refractivity contribution in [2.24, 2.45) is 0 Å². The highest BCUT2D eigenvalue weighted by atomic mass is 35.5. The fourth-order valence-electron chi connectivity index (χ4n) is 1.98. The van der Waals surface area contributed by atoms with Crippen LogP contribution in [0.5, 0.6) is 5.75 Å². The molecule has 0 aromatic heterocycles. The first-order chi connectivity index (χ1) is 11.1. The average Bonchev–Trinajstić information content (AvgIpc) is 2.55. The Bertz CT molecular complexity index is 638. The number of aromatic hydroxyl groups is 1. The molecule has 0 atom stereocenters. The molecule has 122 valence electrons. The maximum atomic E-state index is 11.7. The normalized spacial score (nSPS) is 10.3. The summed E-state index contributed by atoms with van der Waals surface area (Å²) < 4.78 is 0. The van der Waals surface area contributed by atoms with Gasteiger partial charge in [-0.15, -0.1) is 0 Å². The first kappa shape index (κ1) is 17.5. The predicted octanol–water partition coefficient (Wildman–Crippen LogP) is 3.85. The van der Waals surface area contributed by atoms with Gasteiger partial charge in [-0.05, 0) is 48.4 Å². The molecule has 0 fully saturated rings. The minimum absolute atomic E-state index is 0.0619. The first-order valence-corrected chi connectivity index (χ1v) is 8.83. The number of hydrogen-bond donors (Lipinski definition) is 3. The van der Waals surface area contributed by atoms with Gasteiger partial charge in [0, 0.05) is 5.02 Å². The zero-order valence-corrected chi connectivity index (χ0v) is 14.2. The molecule has 1 amide bonds. The summed E-state index contributed by atoms with van der Waals surface area (Å²) in [5.41, 5.74) is 7.25. The lowest BCUT2D eigenvalue weighted by molar-refractivity contribution is -0.118. The van der Waals surface area contributed by atoms with Crippen molar-refractivity contribution in [3.63, 3.8) is 0 Å². The predicted molar refractivity (Wildman–Crippen MR) is 97.0 cm³/mol. The summed E-state index contributed by atoms with van der Waals surface area (Å²) >= 11 is 7.36. The molecule has 0 bridgehead atoms. The number of thioether (sulfide) groups is 1. The van der Waals surface area contributed by atoms with E-state index in [2.05, 4.69) is 10.9 Å². The van der Waals surface area contributed by atoms with Crippen molar-refractivity contribution in [2.45, 2.75) is 12.8 Å². The molecule has 0 spiro atoms. The van der Waals surface area contributed by atoms with Crippen LogP contribution in [0.2, 0.25) is 5.02 Å². The second kappa shape index (κ2) is 9.33. The van der Waals surface area contributed by atoms with Gasteiger partial charge in [-0.2, -0.15) is 11.8 Å². The number of phenols is 1. The van der Waals surface area contributed by atoms with E-state index >= 15 is 0 Å². The Kier molecular flexibility index (Phi) is 7.10. The number of amides is 1. The second-order valence-corrected chi connectivity index (χ2v) is 6.51. The van der Waals surface area contributed by atoms with Crippen LogP contribution in [0.25, 0.3) is 0 Å². The lowest BCUT2D eigenvalue weighted by atomic mass is 10.1. The summed E-state index contributed by atoms with van der Waals surface area (Å²) in [4.78, 5) is 11.7. The van der Waals surface area contributed by atoms with Crippen LogP contribution in [-0.2, 0) is 11.2 Å². The number of carbonyl (C=O) groups excluding carboxylic acids is 1. The molecule has 2 aromatic carbocycles. The van der Waals surface area contributed by atoms with Gasteiger partial charge in [0.25, 0.3) is 0 Å². The van der Waals surface area contributed by atoms with Crippen molar-refractivity contribution in [2.75, 3.05) is 16.9 Å². The molecule has 0 radical (unpaired) electrons. The fraction of sp³-hybridized carbons (Fsp3) is 0.235. The van der Waals surface area contributed by atoms with E-state index in [1.165, 1.54) is 0 Å². The molecule has 2 rings (SSSR count). The molecule has 4 nitrogen and oxygen atoms in total. The Morgan fingerprint density at radius 3 is 2.70 bits per heavy atom. The summed E-state index contributed by atoms with van der Waals surface area (Å²) in [6, 6.07) is 14.6. The van der Waals surface area contributed by atoms with Crippen LogP contribution in [0.4, 0.5) is 5.69 Å². The van der Waals surface area contributed by atoms with Crippen LogP contribution in [0.3, 0.4) is 0 Å². The standard InChI is InChI=1S/C17H19ClN2O2S/c18-14-9-8-13(16(21)11-14)5-4-10-23-12-17(22)20-19-15-6-2-1-3-7-15/h1-3,6-9,11,19,21H,4-5,10,12H2,(H,20,22). The van der Waals surface area contributed by atoms with E-state index in [0.717, 1.165) is 29.8 Å². The molecule has 0 saturated carbocycles. The Labute approximate surface area is 145 Å². The SMILES string of the molecule is O=C(CSCCCc1ccc(Cl)cc1O)NNc1ccccc1. The van der Waals surface area contributed by atoms with Crippen molar-refractivity contribution < 1.29 is 9.90 Å². The van der Waals surface area contributed by atoms with Crippen LogP contribution < -0.4 is 10.9 Å². The number of para-hydroxylation sites is 1. The largest absolute Gasteiger partial charge is 0.508 e. The topological polar surface area (TPSA) is 61.4 Å². The molecular formula is C17H19ClN2O2S. The zero-order valence-electron chi connectivity index (χ0n) is 12.6. The van der Waals surface area contributed by atoms with E-state index in [9.17, 15) is 9.90 Å². The van der Waals surface area contributed by atoms with Gasteiger partial charge in [-0.1, -0.05) is 35.9 Å². The third-order valence-corrected chi connectivity index (χ3v) is 4.41. The molecule has 0 aliphatic rings. The first-order valence-electron chi connectivity index (χ1n) is 7.30. The molecule has 23 heavy (non-hydrogen) atoms. The van der Waals surface area contributed by atoms with Gasteiger partial charge in [0.05, 0.1) is 11.4 Å². The summed E-state index contributed by atoms with van der Waals surface area (Å²) in [6.07, 6.45) is 1.65. The van der Waals surface area contributed by atoms with Gasteiger partial charge in [0.15, 0.2) is 0 Å². The van der Waals surface area contributed by atoms with Gasteiger partial charge in [0.2, 0.25) is 5.91 Å². The molecule has 3 N–H and O–H groups in total. The molecule has 2 aromatic rings. The number of carbonyl (C=O) groups is 1. The van der Waals surface area contributed by atoms with Crippen LogP contribution in [0.1, 0.15) is 12.0 Å². The number of benzene rings is 2. The number of aryl methyl sites for hydroxylation is 1. The molecule has 6 heteroatoms. The number of phenolic OH excluding ortho intramolecular Hbond substituents is 1. The molecule has 0 heterocycles. The maximum Gasteiger partial charge on any atom is 0.248 e. The van der Waals surface area contributed by atoms with E-state index in [-0.39, 0.29) is 11.7 Å². The van der Waals surface area contributed by atoms with Crippen molar-refractivity contribution in [3.05, 3.63) is 59.1 Å². The number of anilines is 1.